The van der Waals surface area contributed by atoms with E-state index in [1.54, 1.807) is 52.9 Å². The van der Waals surface area contributed by atoms with Crippen molar-refractivity contribution in [2.75, 3.05) is 68.9 Å². The van der Waals surface area contributed by atoms with Crippen molar-refractivity contribution in [2.24, 2.45) is 17.6 Å². The van der Waals surface area contributed by atoms with E-state index in [0.29, 0.717) is 54.4 Å². The van der Waals surface area contributed by atoms with Crippen molar-refractivity contribution in [2.45, 2.75) is 292 Å². The van der Waals surface area contributed by atoms with Crippen LogP contribution in [0.5, 0.6) is 0 Å². The average molecular weight is 1780 g/mol. The van der Waals surface area contributed by atoms with Gasteiger partial charge in [0, 0.05) is 110 Å². The third-order valence-electron chi connectivity index (χ3n) is 29.1. The van der Waals surface area contributed by atoms with Crippen molar-refractivity contribution in [3.05, 3.63) is 143 Å². The molecular weight excluding hydrogens is 1650 g/mol. The van der Waals surface area contributed by atoms with E-state index in [9.17, 15) is 4.79 Å². The Labute approximate surface area is 754 Å². The summed E-state index contributed by atoms with van der Waals surface area (Å²) in [6, 6.07) is 16.7. The molecular formula is C95H122N24OS5. The molecule has 7 saturated carbocycles. The number of primary amides is 1. The number of aromatic amines is 1. The number of rotatable bonds is 20. The number of aromatic nitrogens is 12. The van der Waals surface area contributed by atoms with Gasteiger partial charge in [-0.1, -0.05) is 30.3 Å². The van der Waals surface area contributed by atoms with Crippen LogP contribution < -0.4 is 43.0 Å². The maximum atomic E-state index is 11.6. The first-order valence-corrected chi connectivity index (χ1v) is 50.6. The highest BCUT2D eigenvalue weighted by molar-refractivity contribution is 7.20. The number of fused-ring (bicyclic) bond motifs is 17. The van der Waals surface area contributed by atoms with Gasteiger partial charge in [0.1, 0.15) is 61.6 Å². The smallest absolute Gasteiger partial charge is 0.374 e. The number of benzene rings is 1. The van der Waals surface area contributed by atoms with E-state index < -0.39 is 5.91 Å². The van der Waals surface area contributed by atoms with Crippen molar-refractivity contribution in [3.63, 3.8) is 0 Å². The van der Waals surface area contributed by atoms with Gasteiger partial charge in [0.25, 0.3) is 5.91 Å². The maximum Gasteiger partial charge on any atom is 0.374 e. The number of carbonyl (C=O) groups excluding carboxylic acids is 1. The number of nitrogens with two attached hydrogens (primary N) is 1. The normalized spacial score (nSPS) is 24.5. The molecule has 2 unspecified atom stereocenters. The molecule has 2 bridgehead atoms. The third-order valence-corrected chi connectivity index (χ3v) is 35.1. The van der Waals surface area contributed by atoms with Gasteiger partial charge >= 0.3 is 5.95 Å². The van der Waals surface area contributed by atoms with Gasteiger partial charge < -0.3 is 57.7 Å². The number of H-pyrrole nitrogens is 1. The number of carbonyl (C=O) groups is 1. The van der Waals surface area contributed by atoms with E-state index >= 15 is 0 Å². The van der Waals surface area contributed by atoms with Gasteiger partial charge in [-0.3, -0.25) is 14.6 Å². The Kier molecular flexibility index (Phi) is 26.6. The van der Waals surface area contributed by atoms with Gasteiger partial charge in [0.2, 0.25) is 5.82 Å². The number of hydrogen-bond acceptors (Lipinski definition) is 27. The predicted octanol–water partition coefficient (Wildman–Crippen LogP) is 18.0. The van der Waals surface area contributed by atoms with Gasteiger partial charge in [-0.2, -0.15) is 0 Å². The van der Waals surface area contributed by atoms with Crippen LogP contribution in [0.25, 0.3) is 55.9 Å². The molecule has 24 rings (SSSR count). The molecule has 12 aromatic rings. The van der Waals surface area contributed by atoms with E-state index in [0.717, 1.165) is 144 Å². The molecule has 0 spiro atoms. The molecule has 0 saturated heterocycles. The van der Waals surface area contributed by atoms with Gasteiger partial charge in [0.05, 0.1) is 33.3 Å². The fourth-order valence-electron chi connectivity index (χ4n) is 22.7. The summed E-state index contributed by atoms with van der Waals surface area (Å²) in [5, 5.41) is 31.6. The molecule has 12 aliphatic rings. The highest BCUT2D eigenvalue weighted by Gasteiger charge is 2.48. The molecule has 11 aromatic heterocycles. The molecule has 25 nitrogen and oxygen atoms in total. The Bertz CT molecular complexity index is 5770. The predicted molar refractivity (Wildman–Crippen MR) is 512 cm³/mol. The molecule has 11 heterocycles. The lowest BCUT2D eigenvalue weighted by molar-refractivity contribution is -0.0190. The summed E-state index contributed by atoms with van der Waals surface area (Å²) in [5.74, 6) is 6.50. The highest BCUT2D eigenvalue weighted by atomic mass is 32.1. The van der Waals surface area contributed by atoms with E-state index in [-0.39, 0.29) is 11.8 Å². The first kappa shape index (κ1) is 85.8. The lowest BCUT2D eigenvalue weighted by Crippen LogP contribution is -2.57. The van der Waals surface area contributed by atoms with Gasteiger partial charge in [-0.05, 0) is 306 Å². The molecule has 0 radical (unpaired) electrons. The van der Waals surface area contributed by atoms with Gasteiger partial charge in [-0.15, -0.1) is 73.2 Å². The first-order chi connectivity index (χ1) is 61.2. The van der Waals surface area contributed by atoms with Crippen LogP contribution >= 0.6 is 56.7 Å². The zero-order valence-corrected chi connectivity index (χ0v) is 77.5. The summed E-state index contributed by atoms with van der Waals surface area (Å²) in [5.41, 5.74) is 15.4. The van der Waals surface area contributed by atoms with Crippen molar-refractivity contribution in [3.8, 4) is 0 Å². The Morgan fingerprint density at radius 1 is 0.440 bits per heavy atom. The number of thiophene rings is 5. The van der Waals surface area contributed by atoms with Crippen molar-refractivity contribution in [1.82, 2.24) is 85.1 Å². The standard InChI is InChI=1S/C23H28N4S.C20H26N6S.C18H24N4S.C17H23N5OS.C17H21N5S/c1-27(14-16-6-3-2-4-7-16)18-12-10-17(11-13-18)26-22-21-19-8-5-9-20(19)28-23(21)25-15-24-22;1-26(10-14-9-21-11-22-14)15-7-5-13(6-8-15)25-19-18-16-3-2-4-17(16)27-20(18)24-12-23-19;1-22(2)16-10-6-11(16)8-12(7-10)21-17-15-13-4-3-5-14(13)23-18(15)20-9-19-17;1-19-9-5-7-10(8-6-9)20-15-13-11-3-2-4-12(11)24-17(13)22-16(21-15)14(18)23;1-18-10-6-8-11(9-7-10)20-15-14-12-4-3-5-13(12)23-16(14)22-17(19-2)21-15/h2-4,6-7,15,17-18H,5,8-14H2,1H3,(H,24,25,26);9,11-13,15H,2-8,10H2,1H3,(H,21,22)(H,23,24,25);9-12,16H,3-8H2,1-2H3,(H,19,20,21);9-10,19H,2-8H2,1H3,(H2,18,23)(H,20,21,22);10-11,18H,3-9H2,1H3,(H,20,21,22). The molecule has 7 fully saturated rings. The minimum Gasteiger partial charge on any atom is -0.394 e. The van der Waals surface area contributed by atoms with E-state index in [1.165, 1.54) is 244 Å². The quantitative estimate of drug-likeness (QED) is 0.0320. The van der Waals surface area contributed by atoms with Gasteiger partial charge in [0.15, 0.2) is 10.6 Å². The molecule has 658 valence electrons. The van der Waals surface area contributed by atoms with E-state index in [2.05, 4.69) is 175 Å². The molecule has 30 heteroatoms. The second-order valence-corrected chi connectivity index (χ2v) is 42.7. The minimum atomic E-state index is -0.563. The molecule has 12 aliphatic carbocycles. The lowest BCUT2D eigenvalue weighted by atomic mass is 9.59. The van der Waals surface area contributed by atoms with Crippen LogP contribution in [0.4, 0.5) is 35.0 Å². The van der Waals surface area contributed by atoms with E-state index in [1.807, 2.05) is 54.3 Å². The largest absolute Gasteiger partial charge is 0.394 e. The molecule has 125 heavy (non-hydrogen) atoms. The van der Waals surface area contributed by atoms with Crippen LogP contribution in [0.3, 0.4) is 0 Å². The number of aryl methyl sites for hydroxylation is 10. The number of nitrogens with one attached hydrogen (secondary N) is 8. The van der Waals surface area contributed by atoms with Gasteiger partial charge in [-0.25, -0.2) is 44.9 Å². The lowest BCUT2D eigenvalue weighted by Gasteiger charge is -2.55. The summed E-state index contributed by atoms with van der Waals surface area (Å²) in [6.45, 7) is 9.25. The average Bonchev–Trinajstić information content (AvgIpc) is 1.59. The topological polar surface area (TPSA) is 299 Å². The molecule has 0 aliphatic heterocycles. The monoisotopic (exact) mass is 1770 g/mol. The van der Waals surface area contributed by atoms with Crippen LogP contribution in [-0.4, -0.2) is 183 Å². The summed E-state index contributed by atoms with van der Waals surface area (Å²) in [7, 11) is 13.0. The molecule has 2 atom stereocenters. The third kappa shape index (κ3) is 18.9. The van der Waals surface area contributed by atoms with Crippen molar-refractivity contribution in [1.29, 1.82) is 0 Å². The zero-order valence-electron chi connectivity index (χ0n) is 73.4. The summed E-state index contributed by atoms with van der Waals surface area (Å²) in [4.78, 5) is 87.9. The van der Waals surface area contributed by atoms with Crippen LogP contribution in [0.2, 0.25) is 0 Å². The highest BCUT2D eigenvalue weighted by Crippen LogP contribution is 2.51. The first-order valence-electron chi connectivity index (χ1n) is 46.5. The van der Waals surface area contributed by atoms with Crippen molar-refractivity contribution < 1.29 is 4.79 Å². The SMILES string of the molecule is CN(C)C1C2CC(Nc3ncnc4sc5c(c34)CCC5)CC1C2.CN(Cc1ccccc1)C1CCC(Nc2ncnc3sc4c(c23)CCC4)CC1.CN(Cc1cnc[nH]1)C1CCC(Nc2ncnc3sc4c(c23)CCC4)CC1.CNC1CCC(Nc2nc(C(N)=O)nc3sc4c(c23)CCC4)CC1.[C-]#[N+]c1nc(NC2CCC(NC)CC2)c2c3c(sc2n1)CCC3. The second-order valence-electron chi connectivity index (χ2n) is 37.3. The molecule has 10 N–H and O–H groups in total. The van der Waals surface area contributed by atoms with Crippen LogP contribution in [0.1, 0.15) is 228 Å². The number of nitrogens with zero attached hydrogens (tertiary/aromatic N) is 15. The minimum absolute atomic E-state index is 0.119. The van der Waals surface area contributed by atoms with E-state index in [4.69, 9.17) is 12.3 Å². The van der Waals surface area contributed by atoms with Crippen LogP contribution in [0.15, 0.2) is 61.8 Å². The number of anilines is 5. The Morgan fingerprint density at radius 2 is 0.816 bits per heavy atom. The summed E-state index contributed by atoms with van der Waals surface area (Å²) >= 11 is 9.05. The fraction of sp³-hybridized carbons (Fsp3) is 0.568. The second kappa shape index (κ2) is 38.8. The van der Waals surface area contributed by atoms with Crippen molar-refractivity contribution >= 4 is 149 Å². The zero-order chi connectivity index (χ0) is 85.2. The Morgan fingerprint density at radius 3 is 1.22 bits per heavy atom. The number of hydrogen-bond donors (Lipinski definition) is 9. The maximum absolute atomic E-state index is 11.6. The summed E-state index contributed by atoms with van der Waals surface area (Å²) < 4.78 is 0. The number of amides is 1. The van der Waals surface area contributed by atoms with Crippen LogP contribution in [-0.2, 0) is 77.3 Å². The summed E-state index contributed by atoms with van der Waals surface area (Å²) in [6.07, 6.45) is 49.8. The Hall–Kier alpha value is -8.61. The molecule has 1 amide bonds. The number of imidazole rings is 1. The Balaban J connectivity index is 0.000000102. The molecule has 1 aromatic carbocycles. The van der Waals surface area contributed by atoms with Crippen LogP contribution in [0, 0.1) is 18.4 Å². The fourth-order valence-corrected chi connectivity index (χ4v) is 28.9.